The molecule has 1 fully saturated rings. The fourth-order valence-corrected chi connectivity index (χ4v) is 2.50. The molecule has 1 aliphatic rings. The summed E-state index contributed by atoms with van der Waals surface area (Å²) in [7, 11) is 1.44. The maximum atomic E-state index is 11.5. The first-order valence-corrected chi connectivity index (χ1v) is 6.31. The van der Waals surface area contributed by atoms with Gasteiger partial charge in [-0.1, -0.05) is 0 Å². The highest BCUT2D eigenvalue weighted by molar-refractivity contribution is 5.79. The van der Waals surface area contributed by atoms with E-state index in [-0.39, 0.29) is 11.9 Å². The van der Waals surface area contributed by atoms with Gasteiger partial charge in [0.1, 0.15) is 0 Å². The molecule has 0 amide bonds. The Labute approximate surface area is 111 Å². The van der Waals surface area contributed by atoms with Crippen LogP contribution in [0, 0.1) is 5.92 Å². The van der Waals surface area contributed by atoms with Crippen molar-refractivity contribution in [2.24, 2.45) is 5.92 Å². The van der Waals surface area contributed by atoms with E-state index in [0.717, 1.165) is 29.7 Å². The van der Waals surface area contributed by atoms with Gasteiger partial charge in [0.2, 0.25) is 0 Å². The third kappa shape index (κ3) is 2.23. The van der Waals surface area contributed by atoms with E-state index in [1.54, 1.807) is 12.4 Å². The van der Waals surface area contributed by atoms with Crippen LogP contribution in [0.3, 0.4) is 0 Å². The number of hydrogen-bond donors (Lipinski definition) is 0. The summed E-state index contributed by atoms with van der Waals surface area (Å²) in [4.78, 5) is 22.3. The molecule has 0 aliphatic carbocycles. The van der Waals surface area contributed by atoms with E-state index in [2.05, 4.69) is 14.9 Å². The summed E-state index contributed by atoms with van der Waals surface area (Å²) >= 11 is 0. The Bertz CT molecular complexity index is 614. The van der Waals surface area contributed by atoms with Crippen LogP contribution in [0.4, 0.5) is 5.69 Å². The van der Waals surface area contributed by atoms with E-state index in [0.29, 0.717) is 6.54 Å². The average Bonchev–Trinajstić information content (AvgIpc) is 2.95. The summed E-state index contributed by atoms with van der Waals surface area (Å²) in [5.41, 5.74) is 2.84. The molecule has 5 heteroatoms. The van der Waals surface area contributed by atoms with Crippen molar-refractivity contribution >= 4 is 22.7 Å². The molecule has 1 atom stereocenters. The van der Waals surface area contributed by atoms with Crippen molar-refractivity contribution in [1.29, 1.82) is 0 Å². The van der Waals surface area contributed by atoms with Crippen LogP contribution >= 0.6 is 0 Å². The number of benzene rings is 1. The van der Waals surface area contributed by atoms with Crippen LogP contribution in [0.1, 0.15) is 6.42 Å². The summed E-state index contributed by atoms with van der Waals surface area (Å²) in [6, 6.07) is 6.00. The minimum atomic E-state index is -0.122. The van der Waals surface area contributed by atoms with Gasteiger partial charge in [0.05, 0.1) is 24.1 Å². The summed E-state index contributed by atoms with van der Waals surface area (Å²) in [6.45, 7) is 1.57. The molecule has 1 aliphatic heterocycles. The number of carbonyl (C=O) groups is 1. The molecule has 1 aromatic heterocycles. The third-order valence-corrected chi connectivity index (χ3v) is 3.54. The first kappa shape index (κ1) is 11.9. The van der Waals surface area contributed by atoms with E-state index in [1.165, 1.54) is 7.11 Å². The van der Waals surface area contributed by atoms with Crippen LogP contribution in [-0.2, 0) is 9.53 Å². The Morgan fingerprint density at radius 1 is 1.32 bits per heavy atom. The fraction of sp³-hybridized carbons (Fsp3) is 0.357. The van der Waals surface area contributed by atoms with Crippen LogP contribution in [-0.4, -0.2) is 36.1 Å². The largest absolute Gasteiger partial charge is 0.469 e. The third-order valence-electron chi connectivity index (χ3n) is 3.54. The van der Waals surface area contributed by atoms with Crippen molar-refractivity contribution in [3.8, 4) is 0 Å². The zero-order valence-corrected chi connectivity index (χ0v) is 10.7. The molecule has 2 heterocycles. The first-order chi connectivity index (χ1) is 9.28. The number of carbonyl (C=O) groups excluding carboxylic acids is 1. The Hall–Kier alpha value is -2.17. The smallest absolute Gasteiger partial charge is 0.310 e. The van der Waals surface area contributed by atoms with E-state index in [1.807, 2.05) is 18.2 Å². The lowest BCUT2D eigenvalue weighted by Gasteiger charge is -2.18. The van der Waals surface area contributed by atoms with Crippen molar-refractivity contribution in [3.63, 3.8) is 0 Å². The Morgan fingerprint density at radius 3 is 2.89 bits per heavy atom. The summed E-state index contributed by atoms with van der Waals surface area (Å²) in [6.07, 6.45) is 4.21. The topological polar surface area (TPSA) is 55.3 Å². The molecule has 0 saturated carbocycles. The minimum Gasteiger partial charge on any atom is -0.469 e. The monoisotopic (exact) mass is 257 g/mol. The molecule has 0 N–H and O–H groups in total. The number of aromatic nitrogens is 2. The number of rotatable bonds is 2. The quantitative estimate of drug-likeness (QED) is 0.765. The number of hydrogen-bond acceptors (Lipinski definition) is 5. The van der Waals surface area contributed by atoms with Gasteiger partial charge in [0.15, 0.2) is 0 Å². The number of methoxy groups -OCH3 is 1. The Kier molecular flexibility index (Phi) is 3.03. The normalized spacial score (nSPS) is 18.8. The highest BCUT2D eigenvalue weighted by Crippen LogP contribution is 2.26. The molecular weight excluding hydrogens is 242 g/mol. The van der Waals surface area contributed by atoms with Crippen LogP contribution in [0.25, 0.3) is 11.0 Å². The van der Waals surface area contributed by atoms with Gasteiger partial charge in [-0.3, -0.25) is 14.8 Å². The van der Waals surface area contributed by atoms with Crippen molar-refractivity contribution in [2.75, 3.05) is 25.1 Å². The molecule has 2 aromatic rings. The minimum absolute atomic E-state index is 0.0254. The van der Waals surface area contributed by atoms with Crippen LogP contribution in [0.5, 0.6) is 0 Å². The molecule has 19 heavy (non-hydrogen) atoms. The molecule has 5 nitrogen and oxygen atoms in total. The van der Waals surface area contributed by atoms with Crippen LogP contribution in [0.15, 0.2) is 30.6 Å². The van der Waals surface area contributed by atoms with Gasteiger partial charge in [-0.15, -0.1) is 0 Å². The zero-order valence-electron chi connectivity index (χ0n) is 10.7. The van der Waals surface area contributed by atoms with E-state index >= 15 is 0 Å². The van der Waals surface area contributed by atoms with Crippen molar-refractivity contribution in [1.82, 2.24) is 9.97 Å². The molecular formula is C14H15N3O2. The highest BCUT2D eigenvalue weighted by atomic mass is 16.5. The standard InChI is InChI=1S/C14H15N3O2/c1-19-14(18)10-4-7-17(9-10)11-2-3-12-13(8-11)16-6-5-15-12/h2-3,5-6,8,10H,4,7,9H2,1H3. The second-order valence-corrected chi connectivity index (χ2v) is 4.68. The van der Waals surface area contributed by atoms with Gasteiger partial charge in [-0.25, -0.2) is 0 Å². The highest BCUT2D eigenvalue weighted by Gasteiger charge is 2.29. The second-order valence-electron chi connectivity index (χ2n) is 4.68. The molecule has 98 valence electrons. The van der Waals surface area contributed by atoms with Gasteiger partial charge in [-0.05, 0) is 24.6 Å². The maximum Gasteiger partial charge on any atom is 0.310 e. The second kappa shape index (κ2) is 4.84. The molecule has 0 spiro atoms. The maximum absolute atomic E-state index is 11.5. The number of ether oxygens (including phenoxy) is 1. The predicted octanol–water partition coefficient (Wildman–Crippen LogP) is 1.63. The molecule has 1 unspecified atom stereocenters. The van der Waals surface area contributed by atoms with Gasteiger partial charge in [-0.2, -0.15) is 0 Å². The number of anilines is 1. The SMILES string of the molecule is COC(=O)C1CCN(c2ccc3nccnc3c2)C1. The molecule has 1 saturated heterocycles. The zero-order chi connectivity index (χ0) is 13.2. The van der Waals surface area contributed by atoms with Gasteiger partial charge in [0.25, 0.3) is 0 Å². The molecule has 0 radical (unpaired) electrons. The van der Waals surface area contributed by atoms with Gasteiger partial charge in [0, 0.05) is 31.2 Å². The van der Waals surface area contributed by atoms with Gasteiger partial charge < -0.3 is 9.64 Å². The number of nitrogens with zero attached hydrogens (tertiary/aromatic N) is 3. The molecule has 0 bridgehead atoms. The van der Waals surface area contributed by atoms with Crippen molar-refractivity contribution < 1.29 is 9.53 Å². The summed E-state index contributed by atoms with van der Waals surface area (Å²) < 4.78 is 4.80. The number of esters is 1. The molecule has 1 aromatic carbocycles. The summed E-state index contributed by atoms with van der Waals surface area (Å²) in [5, 5.41) is 0. The predicted molar refractivity (Wildman–Crippen MR) is 71.9 cm³/mol. The van der Waals surface area contributed by atoms with Crippen LogP contribution in [0.2, 0.25) is 0 Å². The van der Waals surface area contributed by atoms with Gasteiger partial charge >= 0.3 is 5.97 Å². The van der Waals surface area contributed by atoms with E-state index < -0.39 is 0 Å². The lowest BCUT2D eigenvalue weighted by molar-refractivity contribution is -0.144. The van der Waals surface area contributed by atoms with E-state index in [4.69, 9.17) is 4.74 Å². The Balaban J connectivity index is 1.83. The van der Waals surface area contributed by atoms with E-state index in [9.17, 15) is 4.79 Å². The first-order valence-electron chi connectivity index (χ1n) is 6.31. The molecule has 3 rings (SSSR count). The van der Waals surface area contributed by atoms with Crippen molar-refractivity contribution in [3.05, 3.63) is 30.6 Å². The Morgan fingerprint density at radius 2 is 2.11 bits per heavy atom. The summed E-state index contributed by atoms with van der Waals surface area (Å²) in [5.74, 6) is -0.148. The fourth-order valence-electron chi connectivity index (χ4n) is 2.50. The average molecular weight is 257 g/mol. The lowest BCUT2D eigenvalue weighted by Crippen LogP contribution is -2.23. The van der Waals surface area contributed by atoms with Crippen LogP contribution < -0.4 is 4.90 Å². The number of fused-ring (bicyclic) bond motifs is 1. The lowest BCUT2D eigenvalue weighted by atomic mass is 10.1. The van der Waals surface area contributed by atoms with Crippen molar-refractivity contribution in [2.45, 2.75) is 6.42 Å².